The van der Waals surface area contributed by atoms with E-state index in [1.165, 1.54) is 17.5 Å². The maximum atomic E-state index is 5.86. The maximum Gasteiger partial charge on any atom is 0.222 e. The van der Waals surface area contributed by atoms with Gasteiger partial charge in [0.2, 0.25) is 5.95 Å². The van der Waals surface area contributed by atoms with Crippen LogP contribution in [0.1, 0.15) is 43.2 Å². The fourth-order valence-corrected chi connectivity index (χ4v) is 3.59. The number of nitrogens with two attached hydrogens (primary N) is 1. The highest BCUT2D eigenvalue weighted by atomic mass is 15.3. The van der Waals surface area contributed by atoms with Crippen molar-refractivity contribution in [3.63, 3.8) is 0 Å². The summed E-state index contributed by atoms with van der Waals surface area (Å²) in [6.45, 7) is 5.91. The first-order valence-corrected chi connectivity index (χ1v) is 9.77. The Bertz CT molecular complexity index is 895. The molecule has 4 N–H and O–H groups in total. The first-order valence-electron chi connectivity index (χ1n) is 9.77. The second kappa shape index (κ2) is 7.92. The number of nitrogens with zero attached hydrogens (tertiary/aromatic N) is 4. The van der Waals surface area contributed by atoms with Crippen LogP contribution >= 0.6 is 0 Å². The van der Waals surface area contributed by atoms with Gasteiger partial charge in [0.15, 0.2) is 11.3 Å². The van der Waals surface area contributed by atoms with Gasteiger partial charge in [-0.3, -0.25) is 4.68 Å². The molecule has 1 aromatic carbocycles. The van der Waals surface area contributed by atoms with E-state index in [2.05, 4.69) is 51.8 Å². The minimum absolute atomic E-state index is 0.274. The zero-order chi connectivity index (χ0) is 18.6. The standard InChI is InChI=1S/C20H27N7/c1-2-3-9-23-19-18-17(24-20(21)25-19)13-27(26-18)12-14-4-6-15(7-5-14)16-8-10-22-11-16/h4-7,13,16,22H,2-3,8-12H2,1H3,(H3,21,23,24,25)/t16-/m0/s1. The summed E-state index contributed by atoms with van der Waals surface area (Å²) in [5.41, 5.74) is 10.0. The Morgan fingerprint density at radius 2 is 2.11 bits per heavy atom. The summed E-state index contributed by atoms with van der Waals surface area (Å²) in [6.07, 6.45) is 5.36. The van der Waals surface area contributed by atoms with E-state index in [-0.39, 0.29) is 5.95 Å². The van der Waals surface area contributed by atoms with Gasteiger partial charge in [-0.2, -0.15) is 10.1 Å². The minimum Gasteiger partial charge on any atom is -0.368 e. The Hall–Kier alpha value is -2.67. The Balaban J connectivity index is 1.52. The van der Waals surface area contributed by atoms with Crippen LogP contribution in [-0.4, -0.2) is 39.4 Å². The van der Waals surface area contributed by atoms with Gasteiger partial charge in [-0.25, -0.2) is 4.98 Å². The van der Waals surface area contributed by atoms with Crippen molar-refractivity contribution in [2.75, 3.05) is 30.7 Å². The lowest BCUT2D eigenvalue weighted by Crippen LogP contribution is -2.08. The molecule has 0 radical (unpaired) electrons. The topological polar surface area (TPSA) is 93.7 Å². The van der Waals surface area contributed by atoms with E-state index in [9.17, 15) is 0 Å². The van der Waals surface area contributed by atoms with Crippen molar-refractivity contribution in [1.29, 1.82) is 0 Å². The molecule has 0 aliphatic carbocycles. The molecule has 0 spiro atoms. The summed E-state index contributed by atoms with van der Waals surface area (Å²) in [7, 11) is 0. The molecule has 0 bridgehead atoms. The van der Waals surface area contributed by atoms with E-state index in [0.717, 1.165) is 43.5 Å². The number of hydrogen-bond acceptors (Lipinski definition) is 6. The summed E-state index contributed by atoms with van der Waals surface area (Å²) >= 11 is 0. The largest absolute Gasteiger partial charge is 0.368 e. The van der Waals surface area contributed by atoms with E-state index >= 15 is 0 Å². The third-order valence-electron chi connectivity index (χ3n) is 5.11. The van der Waals surface area contributed by atoms with E-state index in [0.29, 0.717) is 18.3 Å². The van der Waals surface area contributed by atoms with E-state index in [4.69, 9.17) is 10.8 Å². The van der Waals surface area contributed by atoms with Crippen molar-refractivity contribution in [1.82, 2.24) is 25.1 Å². The van der Waals surface area contributed by atoms with Gasteiger partial charge in [-0.15, -0.1) is 0 Å². The van der Waals surface area contributed by atoms with Crippen LogP contribution in [0.2, 0.25) is 0 Å². The summed E-state index contributed by atoms with van der Waals surface area (Å²) in [5.74, 6) is 1.63. The molecule has 3 heterocycles. The first kappa shape index (κ1) is 17.7. The third-order valence-corrected chi connectivity index (χ3v) is 5.11. The van der Waals surface area contributed by atoms with Gasteiger partial charge in [-0.05, 0) is 36.4 Å². The molecule has 27 heavy (non-hydrogen) atoms. The molecule has 4 rings (SSSR count). The van der Waals surface area contributed by atoms with Gasteiger partial charge in [0.1, 0.15) is 5.52 Å². The van der Waals surface area contributed by atoms with Gasteiger partial charge in [0.25, 0.3) is 0 Å². The zero-order valence-electron chi connectivity index (χ0n) is 15.8. The van der Waals surface area contributed by atoms with Gasteiger partial charge in [-0.1, -0.05) is 37.6 Å². The Kier molecular flexibility index (Phi) is 5.20. The van der Waals surface area contributed by atoms with Gasteiger partial charge in [0, 0.05) is 13.1 Å². The Labute approximate surface area is 159 Å². The average Bonchev–Trinajstić information content (AvgIpc) is 3.32. The molecule has 1 atom stereocenters. The molecular weight excluding hydrogens is 338 g/mol. The van der Waals surface area contributed by atoms with E-state index in [1.807, 2.05) is 10.9 Å². The molecule has 1 saturated heterocycles. The first-order chi connectivity index (χ1) is 13.2. The third kappa shape index (κ3) is 4.03. The second-order valence-electron chi connectivity index (χ2n) is 7.20. The van der Waals surface area contributed by atoms with Crippen molar-refractivity contribution < 1.29 is 0 Å². The Morgan fingerprint density at radius 3 is 2.85 bits per heavy atom. The van der Waals surface area contributed by atoms with Crippen molar-refractivity contribution in [3.8, 4) is 0 Å². The number of benzene rings is 1. The summed E-state index contributed by atoms with van der Waals surface area (Å²) in [6, 6.07) is 8.87. The molecule has 1 aliphatic heterocycles. The van der Waals surface area contributed by atoms with Gasteiger partial charge >= 0.3 is 0 Å². The number of aromatic nitrogens is 4. The number of fused-ring (bicyclic) bond motifs is 1. The van der Waals surface area contributed by atoms with Gasteiger partial charge in [0.05, 0.1) is 12.7 Å². The maximum absolute atomic E-state index is 5.86. The quantitative estimate of drug-likeness (QED) is 0.558. The average molecular weight is 365 g/mol. The highest BCUT2D eigenvalue weighted by Crippen LogP contribution is 2.23. The van der Waals surface area contributed by atoms with Crippen LogP contribution in [0, 0.1) is 0 Å². The fraction of sp³-hybridized carbons (Fsp3) is 0.450. The van der Waals surface area contributed by atoms with Crippen LogP contribution in [0.4, 0.5) is 11.8 Å². The number of rotatable bonds is 7. The Morgan fingerprint density at radius 1 is 1.26 bits per heavy atom. The number of nitrogen functional groups attached to an aromatic ring is 1. The molecule has 0 unspecified atom stereocenters. The van der Waals surface area contributed by atoms with E-state index in [1.54, 1.807) is 0 Å². The van der Waals surface area contributed by atoms with Crippen LogP contribution in [0.15, 0.2) is 30.5 Å². The number of unbranched alkanes of at least 4 members (excludes halogenated alkanes) is 1. The predicted molar refractivity (Wildman–Crippen MR) is 109 cm³/mol. The van der Waals surface area contributed by atoms with Crippen LogP contribution < -0.4 is 16.4 Å². The SMILES string of the molecule is CCCCNc1nc(N)nc2cn(Cc3ccc([C@H]4CCNC4)cc3)nc12. The van der Waals surface area contributed by atoms with Crippen LogP contribution in [0.5, 0.6) is 0 Å². The van der Waals surface area contributed by atoms with Crippen molar-refractivity contribution >= 4 is 22.8 Å². The lowest BCUT2D eigenvalue weighted by atomic mass is 9.97. The normalized spacial score (nSPS) is 16.9. The van der Waals surface area contributed by atoms with E-state index < -0.39 is 0 Å². The van der Waals surface area contributed by atoms with Gasteiger partial charge < -0.3 is 16.4 Å². The van der Waals surface area contributed by atoms with Crippen LogP contribution in [0.25, 0.3) is 11.0 Å². The van der Waals surface area contributed by atoms with Crippen molar-refractivity contribution in [2.45, 2.75) is 38.6 Å². The monoisotopic (exact) mass is 365 g/mol. The number of hydrogen-bond donors (Lipinski definition) is 3. The van der Waals surface area contributed by atoms with Crippen LogP contribution in [-0.2, 0) is 6.54 Å². The van der Waals surface area contributed by atoms with Crippen molar-refractivity contribution in [3.05, 3.63) is 41.6 Å². The van der Waals surface area contributed by atoms with Crippen LogP contribution in [0.3, 0.4) is 0 Å². The second-order valence-corrected chi connectivity index (χ2v) is 7.20. The summed E-state index contributed by atoms with van der Waals surface area (Å²) in [5, 5.41) is 11.4. The molecule has 0 saturated carbocycles. The summed E-state index contributed by atoms with van der Waals surface area (Å²) in [4.78, 5) is 8.65. The minimum atomic E-state index is 0.274. The fourth-order valence-electron chi connectivity index (χ4n) is 3.59. The number of anilines is 2. The molecule has 142 valence electrons. The molecule has 7 heteroatoms. The zero-order valence-corrected chi connectivity index (χ0v) is 15.8. The molecule has 0 amide bonds. The molecule has 1 fully saturated rings. The molecule has 7 nitrogen and oxygen atoms in total. The molecule has 2 aromatic heterocycles. The summed E-state index contributed by atoms with van der Waals surface area (Å²) < 4.78 is 1.91. The molecule has 3 aromatic rings. The lowest BCUT2D eigenvalue weighted by molar-refractivity contribution is 0.694. The molecular formula is C20H27N7. The highest BCUT2D eigenvalue weighted by Gasteiger charge is 2.16. The predicted octanol–water partition coefficient (Wildman–Crippen LogP) is 2.75. The smallest absolute Gasteiger partial charge is 0.222 e. The van der Waals surface area contributed by atoms with Crippen molar-refractivity contribution in [2.24, 2.45) is 0 Å². The highest BCUT2D eigenvalue weighted by molar-refractivity contribution is 5.85. The number of nitrogens with one attached hydrogen (secondary N) is 2. The lowest BCUT2D eigenvalue weighted by Gasteiger charge is -2.09. The molecule has 1 aliphatic rings.